The minimum Gasteiger partial charge on any atom is -0.479 e. The lowest BCUT2D eigenvalue weighted by molar-refractivity contribution is 0.0635. The molecule has 2 aromatic rings. The lowest BCUT2D eigenvalue weighted by Crippen LogP contribution is -2.27. The summed E-state index contributed by atoms with van der Waals surface area (Å²) in [5, 5.41) is 19.6. The monoisotopic (exact) mass is 400 g/mol. The largest absolute Gasteiger partial charge is 0.479 e. The van der Waals surface area contributed by atoms with E-state index in [0.717, 1.165) is 0 Å². The zero-order chi connectivity index (χ0) is 22.0. The van der Waals surface area contributed by atoms with Crippen LogP contribution < -0.4 is 20.5 Å². The van der Waals surface area contributed by atoms with Crippen molar-refractivity contribution >= 4 is 17.7 Å². The number of hydrogen-bond donors (Lipinski definition) is 2. The first-order chi connectivity index (χ1) is 13.6. The van der Waals surface area contributed by atoms with Gasteiger partial charge in [0.2, 0.25) is 11.4 Å². The lowest BCUT2D eigenvalue weighted by atomic mass is 10.2. The maximum atomic E-state index is 11.5. The fourth-order valence-corrected chi connectivity index (χ4v) is 1.66. The first kappa shape index (κ1) is 22.9. The van der Waals surface area contributed by atoms with E-state index in [1.807, 2.05) is 12.1 Å². The first-order valence-corrected chi connectivity index (χ1v) is 8.01. The smallest absolute Gasteiger partial charge is 0.413 e. The molecule has 152 valence electrons. The minimum absolute atomic E-state index is 0.0473. The van der Waals surface area contributed by atoms with Crippen LogP contribution in [0.5, 0.6) is 11.8 Å². The number of hydrogen-bond acceptors (Lipinski definition) is 11. The Kier molecular flexibility index (Phi) is 8.06. The predicted molar refractivity (Wildman–Crippen MR) is 101 cm³/mol. The Labute approximate surface area is 167 Å². The fourth-order valence-electron chi connectivity index (χ4n) is 1.66. The molecule has 2 aromatic heterocycles. The number of aromatic nitrogens is 4. The SMILES string of the molecule is COc1nc(N)cnc1C#N.COc1nc(NC(=O)OC(C)(C)C)cnc1C#N. The number of nitriles is 2. The van der Waals surface area contributed by atoms with Gasteiger partial charge < -0.3 is 19.9 Å². The molecule has 1 amide bonds. The van der Waals surface area contributed by atoms with E-state index in [9.17, 15) is 4.79 Å². The van der Waals surface area contributed by atoms with Gasteiger partial charge in [0.05, 0.1) is 26.6 Å². The van der Waals surface area contributed by atoms with E-state index < -0.39 is 11.7 Å². The third kappa shape index (κ3) is 7.52. The first-order valence-electron chi connectivity index (χ1n) is 8.01. The molecule has 0 unspecified atom stereocenters. The number of methoxy groups -OCH3 is 2. The molecule has 2 heterocycles. The molecule has 0 aliphatic carbocycles. The van der Waals surface area contributed by atoms with Crippen LogP contribution in [0.25, 0.3) is 0 Å². The molecular formula is C17H20N8O4. The number of ether oxygens (including phenoxy) is 3. The van der Waals surface area contributed by atoms with Crippen molar-refractivity contribution < 1.29 is 19.0 Å². The molecule has 0 fully saturated rings. The molecule has 29 heavy (non-hydrogen) atoms. The van der Waals surface area contributed by atoms with Gasteiger partial charge in [0, 0.05) is 0 Å². The number of anilines is 2. The van der Waals surface area contributed by atoms with Gasteiger partial charge in [0.25, 0.3) is 11.8 Å². The number of rotatable bonds is 3. The van der Waals surface area contributed by atoms with Crippen molar-refractivity contribution in [2.75, 3.05) is 25.3 Å². The summed E-state index contributed by atoms with van der Waals surface area (Å²) in [6.07, 6.45) is 1.91. The number of nitrogen functional groups attached to an aromatic ring is 1. The lowest BCUT2D eigenvalue weighted by Gasteiger charge is -2.19. The average Bonchev–Trinajstić information content (AvgIpc) is 2.66. The number of nitrogens with one attached hydrogen (secondary N) is 1. The van der Waals surface area contributed by atoms with Crippen molar-refractivity contribution in [3.05, 3.63) is 23.8 Å². The standard InChI is InChI=1S/C11H14N4O3.C6H6N4O/c1-11(2,3)18-10(16)15-8-6-13-7(5-12)9(14-8)17-4;1-11-6-4(2-7)9-3-5(8)10-6/h6H,1-4H3,(H,14,15,16);3H,1H3,(H2,8,10). The van der Waals surface area contributed by atoms with Gasteiger partial charge in [-0.25, -0.2) is 14.8 Å². The highest BCUT2D eigenvalue weighted by Crippen LogP contribution is 2.15. The summed E-state index contributed by atoms with van der Waals surface area (Å²) in [6.45, 7) is 5.24. The Morgan fingerprint density at radius 3 is 2.03 bits per heavy atom. The summed E-state index contributed by atoms with van der Waals surface area (Å²) >= 11 is 0. The predicted octanol–water partition coefficient (Wildman–Crippen LogP) is 1.64. The highest BCUT2D eigenvalue weighted by Gasteiger charge is 2.17. The fraction of sp³-hybridized carbons (Fsp3) is 0.353. The maximum absolute atomic E-state index is 11.5. The van der Waals surface area contributed by atoms with Gasteiger partial charge >= 0.3 is 6.09 Å². The third-order valence-corrected chi connectivity index (χ3v) is 2.73. The zero-order valence-corrected chi connectivity index (χ0v) is 16.5. The molecule has 0 saturated carbocycles. The van der Waals surface area contributed by atoms with E-state index in [1.165, 1.54) is 26.6 Å². The van der Waals surface area contributed by atoms with Crippen LogP contribution in [0.1, 0.15) is 32.2 Å². The van der Waals surface area contributed by atoms with E-state index >= 15 is 0 Å². The number of carbonyl (C=O) groups is 1. The molecule has 12 heteroatoms. The number of carbonyl (C=O) groups excluding carboxylic acids is 1. The van der Waals surface area contributed by atoms with Crippen LogP contribution in [0.15, 0.2) is 12.4 Å². The van der Waals surface area contributed by atoms with Crippen LogP contribution >= 0.6 is 0 Å². The topological polar surface area (TPSA) is 182 Å². The van der Waals surface area contributed by atoms with Crippen LogP contribution in [-0.2, 0) is 4.74 Å². The molecule has 0 aromatic carbocycles. The normalized spacial score (nSPS) is 9.76. The van der Waals surface area contributed by atoms with Crippen molar-refractivity contribution in [2.45, 2.75) is 26.4 Å². The van der Waals surface area contributed by atoms with E-state index in [-0.39, 0.29) is 34.8 Å². The van der Waals surface area contributed by atoms with Gasteiger partial charge in [-0.05, 0) is 20.8 Å². The number of nitrogens with two attached hydrogens (primary N) is 1. The zero-order valence-electron chi connectivity index (χ0n) is 16.5. The van der Waals surface area contributed by atoms with Crippen molar-refractivity contribution in [3.63, 3.8) is 0 Å². The van der Waals surface area contributed by atoms with Crippen molar-refractivity contribution in [3.8, 4) is 23.9 Å². The quantitative estimate of drug-likeness (QED) is 0.763. The molecule has 0 atom stereocenters. The van der Waals surface area contributed by atoms with Gasteiger partial charge in [-0.1, -0.05) is 0 Å². The Morgan fingerprint density at radius 1 is 1.03 bits per heavy atom. The maximum Gasteiger partial charge on any atom is 0.413 e. The van der Waals surface area contributed by atoms with Gasteiger partial charge in [-0.2, -0.15) is 20.5 Å². The van der Waals surface area contributed by atoms with Crippen LogP contribution in [0.4, 0.5) is 16.4 Å². The van der Waals surface area contributed by atoms with E-state index in [4.69, 9.17) is 30.5 Å². The molecule has 12 nitrogen and oxygen atoms in total. The Balaban J connectivity index is 0.000000326. The van der Waals surface area contributed by atoms with Crippen molar-refractivity contribution in [2.24, 2.45) is 0 Å². The summed E-state index contributed by atoms with van der Waals surface area (Å²) in [4.78, 5) is 26.6. The van der Waals surface area contributed by atoms with E-state index in [0.29, 0.717) is 0 Å². The minimum atomic E-state index is -0.649. The summed E-state index contributed by atoms with van der Waals surface area (Å²) < 4.78 is 14.7. The Bertz CT molecular complexity index is 944. The summed E-state index contributed by atoms with van der Waals surface area (Å²) in [7, 11) is 2.77. The van der Waals surface area contributed by atoms with E-state index in [2.05, 4.69) is 25.3 Å². The summed E-state index contributed by atoms with van der Waals surface area (Å²) in [6, 6.07) is 3.64. The average molecular weight is 400 g/mol. The second kappa shape index (κ2) is 10.2. The molecule has 0 aliphatic rings. The second-order valence-corrected chi connectivity index (χ2v) is 6.12. The van der Waals surface area contributed by atoms with Crippen molar-refractivity contribution in [1.29, 1.82) is 10.5 Å². The van der Waals surface area contributed by atoms with Crippen LogP contribution in [0, 0.1) is 22.7 Å². The van der Waals surface area contributed by atoms with Crippen LogP contribution in [0.2, 0.25) is 0 Å². The molecular weight excluding hydrogens is 380 g/mol. The number of nitrogens with zero attached hydrogens (tertiary/aromatic N) is 6. The van der Waals surface area contributed by atoms with E-state index in [1.54, 1.807) is 20.8 Å². The molecule has 0 radical (unpaired) electrons. The molecule has 0 aliphatic heterocycles. The van der Waals surface area contributed by atoms with Crippen molar-refractivity contribution in [1.82, 2.24) is 19.9 Å². The summed E-state index contributed by atoms with van der Waals surface area (Å²) in [5.74, 6) is 0.597. The van der Waals surface area contributed by atoms with Gasteiger partial charge in [-0.15, -0.1) is 0 Å². The third-order valence-electron chi connectivity index (χ3n) is 2.73. The second-order valence-electron chi connectivity index (χ2n) is 6.12. The van der Waals surface area contributed by atoms with Gasteiger partial charge in [0.1, 0.15) is 23.6 Å². The Morgan fingerprint density at radius 2 is 1.55 bits per heavy atom. The summed E-state index contributed by atoms with van der Waals surface area (Å²) in [5.41, 5.74) is 4.88. The molecule has 0 bridgehead atoms. The van der Waals surface area contributed by atoms with Gasteiger partial charge in [0.15, 0.2) is 5.82 Å². The number of amides is 1. The molecule has 2 rings (SSSR count). The highest BCUT2D eigenvalue weighted by atomic mass is 16.6. The van der Waals surface area contributed by atoms with Crippen LogP contribution in [-0.4, -0.2) is 45.8 Å². The molecule has 0 saturated heterocycles. The Hall–Kier alpha value is -4.19. The molecule has 3 N–H and O–H groups in total. The van der Waals surface area contributed by atoms with Gasteiger partial charge in [-0.3, -0.25) is 5.32 Å². The van der Waals surface area contributed by atoms with Crippen LogP contribution in [0.3, 0.4) is 0 Å². The molecule has 0 spiro atoms. The highest BCUT2D eigenvalue weighted by molar-refractivity contribution is 5.83.